The summed E-state index contributed by atoms with van der Waals surface area (Å²) in [5.41, 5.74) is 1.23. The maximum Gasteiger partial charge on any atom is 0.224 e. The molecule has 3 aromatic rings. The molecule has 0 aliphatic heterocycles. The van der Waals surface area contributed by atoms with Crippen LogP contribution in [-0.2, 0) is 17.8 Å². The quantitative estimate of drug-likeness (QED) is 0.795. The van der Waals surface area contributed by atoms with Gasteiger partial charge in [-0.1, -0.05) is 0 Å². The van der Waals surface area contributed by atoms with Gasteiger partial charge < -0.3 is 14.2 Å². The molecule has 102 valence electrons. The molecule has 20 heavy (non-hydrogen) atoms. The fourth-order valence-corrected chi connectivity index (χ4v) is 2.03. The molecule has 1 aromatic carbocycles. The highest BCUT2D eigenvalue weighted by Crippen LogP contribution is 2.22. The van der Waals surface area contributed by atoms with E-state index in [2.05, 4.69) is 5.32 Å². The average molecular weight is 273 g/mol. The predicted octanol–water partition coefficient (Wildman–Crippen LogP) is 3.02. The zero-order valence-electron chi connectivity index (χ0n) is 10.6. The molecule has 0 bridgehead atoms. The fraction of sp³-hybridized carbons (Fsp3) is 0.133. The number of furan rings is 2. The molecule has 0 aliphatic rings. The summed E-state index contributed by atoms with van der Waals surface area (Å²) in [5, 5.41) is 3.36. The van der Waals surface area contributed by atoms with Crippen LogP contribution in [0.4, 0.5) is 4.39 Å². The van der Waals surface area contributed by atoms with E-state index in [0.29, 0.717) is 28.8 Å². The third-order valence-electron chi connectivity index (χ3n) is 3.01. The van der Waals surface area contributed by atoms with Crippen molar-refractivity contribution < 1.29 is 18.0 Å². The lowest BCUT2D eigenvalue weighted by Gasteiger charge is -2.02. The Bertz CT molecular complexity index is 731. The van der Waals surface area contributed by atoms with Crippen LogP contribution < -0.4 is 5.32 Å². The first kappa shape index (κ1) is 12.5. The van der Waals surface area contributed by atoms with Gasteiger partial charge >= 0.3 is 0 Å². The molecule has 3 rings (SSSR count). The standard InChI is InChI=1S/C15H12FNO3/c16-11-3-4-14-13(7-11)10(9-20-14)6-15(18)17-8-12-2-1-5-19-12/h1-5,7,9H,6,8H2,(H,17,18). The molecule has 4 nitrogen and oxygen atoms in total. The Hall–Kier alpha value is -2.56. The SMILES string of the molecule is O=C(Cc1coc2ccc(F)cc12)NCc1ccco1. The predicted molar refractivity (Wildman–Crippen MR) is 70.4 cm³/mol. The van der Waals surface area contributed by atoms with Gasteiger partial charge in [0.1, 0.15) is 17.2 Å². The van der Waals surface area contributed by atoms with Crippen molar-refractivity contribution in [2.75, 3.05) is 0 Å². The summed E-state index contributed by atoms with van der Waals surface area (Å²) < 4.78 is 23.6. The van der Waals surface area contributed by atoms with Gasteiger partial charge in [-0.25, -0.2) is 4.39 Å². The molecule has 0 radical (unpaired) electrons. The largest absolute Gasteiger partial charge is 0.467 e. The first-order valence-electron chi connectivity index (χ1n) is 6.17. The van der Waals surface area contributed by atoms with Gasteiger partial charge in [0.2, 0.25) is 5.91 Å². The van der Waals surface area contributed by atoms with E-state index < -0.39 is 0 Å². The maximum atomic E-state index is 13.2. The van der Waals surface area contributed by atoms with Crippen molar-refractivity contribution in [1.82, 2.24) is 5.32 Å². The number of nitrogens with one attached hydrogen (secondary N) is 1. The van der Waals surface area contributed by atoms with Crippen LogP contribution in [0.1, 0.15) is 11.3 Å². The number of amides is 1. The van der Waals surface area contributed by atoms with Crippen molar-refractivity contribution in [3.05, 3.63) is 60.0 Å². The average Bonchev–Trinajstić information content (AvgIpc) is 3.07. The number of benzene rings is 1. The van der Waals surface area contributed by atoms with E-state index in [1.165, 1.54) is 18.4 Å². The fourth-order valence-electron chi connectivity index (χ4n) is 2.03. The number of hydrogen-bond acceptors (Lipinski definition) is 3. The van der Waals surface area contributed by atoms with E-state index in [-0.39, 0.29) is 18.1 Å². The highest BCUT2D eigenvalue weighted by molar-refractivity contribution is 5.87. The van der Waals surface area contributed by atoms with E-state index in [1.54, 1.807) is 24.5 Å². The molecule has 0 saturated heterocycles. The van der Waals surface area contributed by atoms with Crippen LogP contribution in [0.25, 0.3) is 11.0 Å². The zero-order chi connectivity index (χ0) is 13.9. The van der Waals surface area contributed by atoms with Crippen molar-refractivity contribution in [3.63, 3.8) is 0 Å². The summed E-state index contributed by atoms with van der Waals surface area (Å²) in [7, 11) is 0. The molecule has 0 saturated carbocycles. The second-order valence-electron chi connectivity index (χ2n) is 4.43. The van der Waals surface area contributed by atoms with E-state index in [1.807, 2.05) is 0 Å². The van der Waals surface area contributed by atoms with Crippen LogP contribution >= 0.6 is 0 Å². The second-order valence-corrected chi connectivity index (χ2v) is 4.43. The zero-order valence-corrected chi connectivity index (χ0v) is 10.6. The Labute approximate surface area is 114 Å². The molecule has 0 unspecified atom stereocenters. The maximum absolute atomic E-state index is 13.2. The van der Waals surface area contributed by atoms with Gasteiger partial charge in [-0.15, -0.1) is 0 Å². The summed E-state index contributed by atoms with van der Waals surface area (Å²) in [4.78, 5) is 11.8. The summed E-state index contributed by atoms with van der Waals surface area (Å²) >= 11 is 0. The molecule has 5 heteroatoms. The Balaban J connectivity index is 1.69. The monoisotopic (exact) mass is 273 g/mol. The first-order valence-corrected chi connectivity index (χ1v) is 6.17. The minimum Gasteiger partial charge on any atom is -0.467 e. The summed E-state index contributed by atoms with van der Waals surface area (Å²) in [6, 6.07) is 7.78. The molecular formula is C15H12FNO3. The normalized spacial score (nSPS) is 10.8. The Morgan fingerprint density at radius 1 is 1.25 bits per heavy atom. The van der Waals surface area contributed by atoms with Crippen LogP contribution in [0.3, 0.4) is 0 Å². The van der Waals surface area contributed by atoms with Gasteiger partial charge in [-0.05, 0) is 30.3 Å². The molecule has 2 aromatic heterocycles. The van der Waals surface area contributed by atoms with Gasteiger partial charge in [-0.2, -0.15) is 0 Å². The lowest BCUT2D eigenvalue weighted by molar-refractivity contribution is -0.120. The summed E-state index contributed by atoms with van der Waals surface area (Å²) in [5.74, 6) is 0.158. The number of hydrogen-bond donors (Lipinski definition) is 1. The van der Waals surface area contributed by atoms with Crippen LogP contribution in [0, 0.1) is 5.82 Å². The molecule has 0 atom stereocenters. The van der Waals surface area contributed by atoms with Crippen LogP contribution in [0.15, 0.2) is 51.7 Å². The Morgan fingerprint density at radius 3 is 2.95 bits per heavy atom. The molecule has 2 heterocycles. The number of fused-ring (bicyclic) bond motifs is 1. The number of halogens is 1. The highest BCUT2D eigenvalue weighted by atomic mass is 19.1. The molecule has 1 N–H and O–H groups in total. The van der Waals surface area contributed by atoms with Gasteiger partial charge in [0.15, 0.2) is 0 Å². The van der Waals surface area contributed by atoms with Crippen molar-refractivity contribution in [1.29, 1.82) is 0 Å². The molecule has 0 fully saturated rings. The molecule has 1 amide bonds. The van der Waals surface area contributed by atoms with Crippen molar-refractivity contribution in [2.24, 2.45) is 0 Å². The van der Waals surface area contributed by atoms with Crippen molar-refractivity contribution in [3.8, 4) is 0 Å². The molecule has 0 spiro atoms. The topological polar surface area (TPSA) is 55.4 Å². The van der Waals surface area contributed by atoms with Gasteiger partial charge in [0, 0.05) is 10.9 Å². The van der Waals surface area contributed by atoms with E-state index >= 15 is 0 Å². The third kappa shape index (κ3) is 2.56. The van der Waals surface area contributed by atoms with Gasteiger partial charge in [0.25, 0.3) is 0 Å². The van der Waals surface area contributed by atoms with Crippen LogP contribution in [-0.4, -0.2) is 5.91 Å². The molecule has 0 aliphatic carbocycles. The number of carbonyl (C=O) groups excluding carboxylic acids is 1. The third-order valence-corrected chi connectivity index (χ3v) is 3.01. The van der Waals surface area contributed by atoms with Gasteiger partial charge in [0.05, 0.1) is 25.5 Å². The minimum atomic E-state index is -0.351. The first-order chi connectivity index (χ1) is 9.72. The minimum absolute atomic E-state index is 0.136. The number of carbonyl (C=O) groups is 1. The molecular weight excluding hydrogens is 261 g/mol. The van der Waals surface area contributed by atoms with Crippen LogP contribution in [0.5, 0.6) is 0 Å². The van der Waals surface area contributed by atoms with Gasteiger partial charge in [-0.3, -0.25) is 4.79 Å². The highest BCUT2D eigenvalue weighted by Gasteiger charge is 2.11. The van der Waals surface area contributed by atoms with Crippen molar-refractivity contribution in [2.45, 2.75) is 13.0 Å². The Morgan fingerprint density at radius 2 is 2.15 bits per heavy atom. The van der Waals surface area contributed by atoms with E-state index in [0.717, 1.165) is 0 Å². The lowest BCUT2D eigenvalue weighted by atomic mass is 10.1. The second kappa shape index (κ2) is 5.21. The lowest BCUT2D eigenvalue weighted by Crippen LogP contribution is -2.24. The summed E-state index contributed by atoms with van der Waals surface area (Å²) in [6.07, 6.45) is 3.17. The Kier molecular flexibility index (Phi) is 3.25. The van der Waals surface area contributed by atoms with Crippen LogP contribution in [0.2, 0.25) is 0 Å². The number of rotatable bonds is 4. The smallest absolute Gasteiger partial charge is 0.224 e. The van der Waals surface area contributed by atoms with E-state index in [4.69, 9.17) is 8.83 Å². The van der Waals surface area contributed by atoms with E-state index in [9.17, 15) is 9.18 Å². The summed E-state index contributed by atoms with van der Waals surface area (Å²) in [6.45, 7) is 0.329. The van der Waals surface area contributed by atoms with Crippen molar-refractivity contribution >= 4 is 16.9 Å².